The number of para-hydroxylation sites is 1. The Bertz CT molecular complexity index is 994. The molecule has 4 rings (SSSR count). The average Bonchev–Trinajstić information content (AvgIpc) is 2.88. The number of aromatic nitrogens is 1. The van der Waals surface area contributed by atoms with Crippen LogP contribution in [0.2, 0.25) is 0 Å². The number of nitrogens with one attached hydrogen (secondary N) is 3. The van der Waals surface area contributed by atoms with Gasteiger partial charge in [0.2, 0.25) is 0 Å². The fourth-order valence-corrected chi connectivity index (χ4v) is 3.00. The van der Waals surface area contributed by atoms with Crippen molar-refractivity contribution in [3.8, 4) is 0 Å². The Morgan fingerprint density at radius 3 is 2.46 bits per heavy atom. The Morgan fingerprint density at radius 2 is 1.75 bits per heavy atom. The molecule has 0 aliphatic carbocycles. The maximum atomic E-state index is 8.75. The van der Waals surface area contributed by atoms with Crippen molar-refractivity contribution in [3.05, 3.63) is 83.6 Å². The summed E-state index contributed by atoms with van der Waals surface area (Å²) < 4.78 is 0. The minimum absolute atomic E-state index is 0.214. The molecule has 2 aromatic carbocycles. The molecule has 0 unspecified atom stereocenters. The van der Waals surface area contributed by atoms with Crippen LogP contribution in [0.1, 0.15) is 30.5 Å². The molecule has 1 aliphatic heterocycles. The van der Waals surface area contributed by atoms with Crippen molar-refractivity contribution in [2.24, 2.45) is 5.73 Å². The maximum absolute atomic E-state index is 8.75. The van der Waals surface area contributed by atoms with E-state index in [-0.39, 0.29) is 11.7 Å². The van der Waals surface area contributed by atoms with Gasteiger partial charge in [0, 0.05) is 23.9 Å². The molecule has 0 atom stereocenters. The first-order valence-electron chi connectivity index (χ1n) is 9.27. The van der Waals surface area contributed by atoms with Gasteiger partial charge in [0.05, 0.1) is 11.4 Å². The van der Waals surface area contributed by atoms with Crippen LogP contribution in [0.5, 0.6) is 0 Å². The van der Waals surface area contributed by atoms with Gasteiger partial charge in [-0.15, -0.1) is 0 Å². The van der Waals surface area contributed by atoms with Gasteiger partial charge in [0.1, 0.15) is 11.7 Å². The zero-order valence-corrected chi connectivity index (χ0v) is 16.0. The molecule has 6 heteroatoms. The molecule has 28 heavy (non-hydrogen) atoms. The van der Waals surface area contributed by atoms with Crippen molar-refractivity contribution in [1.82, 2.24) is 4.98 Å². The van der Waals surface area contributed by atoms with E-state index in [0.717, 1.165) is 11.3 Å². The number of amidine groups is 2. The van der Waals surface area contributed by atoms with Crippen molar-refractivity contribution < 1.29 is 0 Å². The number of anilines is 3. The lowest BCUT2D eigenvalue weighted by Gasteiger charge is -2.25. The number of fused-ring (bicyclic) bond motifs is 2. The van der Waals surface area contributed by atoms with Crippen molar-refractivity contribution in [1.29, 1.82) is 10.8 Å². The van der Waals surface area contributed by atoms with Crippen LogP contribution in [-0.2, 0) is 6.54 Å². The van der Waals surface area contributed by atoms with E-state index in [0.29, 0.717) is 29.2 Å². The summed E-state index contributed by atoms with van der Waals surface area (Å²) >= 11 is 0. The van der Waals surface area contributed by atoms with Gasteiger partial charge in [-0.05, 0) is 29.8 Å². The molecule has 0 radical (unpaired) electrons. The van der Waals surface area contributed by atoms with Gasteiger partial charge in [0.25, 0.3) is 0 Å². The van der Waals surface area contributed by atoms with Crippen LogP contribution in [0.4, 0.5) is 17.2 Å². The number of benzene rings is 2. The fourth-order valence-electron chi connectivity index (χ4n) is 3.00. The van der Waals surface area contributed by atoms with Gasteiger partial charge in [-0.1, -0.05) is 50.2 Å². The van der Waals surface area contributed by atoms with E-state index in [4.69, 9.17) is 16.6 Å². The second-order valence-corrected chi connectivity index (χ2v) is 5.98. The summed E-state index contributed by atoms with van der Waals surface area (Å²) in [5.41, 5.74) is 9.56. The van der Waals surface area contributed by atoms with Crippen LogP contribution < -0.4 is 16.0 Å². The minimum atomic E-state index is 0.214. The van der Waals surface area contributed by atoms with Gasteiger partial charge >= 0.3 is 0 Å². The normalized spacial score (nSPS) is 12.0. The predicted octanol–water partition coefficient (Wildman–Crippen LogP) is 4.48. The van der Waals surface area contributed by atoms with Crippen molar-refractivity contribution in [2.75, 3.05) is 10.2 Å². The Hall–Kier alpha value is -3.51. The van der Waals surface area contributed by atoms with Crippen LogP contribution in [0.15, 0.2) is 66.9 Å². The van der Waals surface area contributed by atoms with Crippen LogP contribution in [0.3, 0.4) is 0 Å². The summed E-state index contributed by atoms with van der Waals surface area (Å²) in [7, 11) is 0. The fraction of sp³-hybridized carbons (Fsp3) is 0.136. The first kappa shape index (κ1) is 19.3. The highest BCUT2D eigenvalue weighted by Gasteiger charge is 2.28. The zero-order valence-electron chi connectivity index (χ0n) is 16.0. The van der Waals surface area contributed by atoms with E-state index in [9.17, 15) is 0 Å². The van der Waals surface area contributed by atoms with E-state index in [2.05, 4.69) is 10.3 Å². The number of nitrogens with zero attached hydrogens (tertiary/aromatic N) is 2. The third kappa shape index (κ3) is 3.50. The van der Waals surface area contributed by atoms with Gasteiger partial charge in [-0.3, -0.25) is 15.7 Å². The summed E-state index contributed by atoms with van der Waals surface area (Å²) in [5, 5.41) is 20.8. The van der Waals surface area contributed by atoms with Crippen LogP contribution in [-0.4, -0.2) is 16.7 Å². The van der Waals surface area contributed by atoms with E-state index in [1.54, 1.807) is 11.1 Å². The van der Waals surface area contributed by atoms with Crippen molar-refractivity contribution in [2.45, 2.75) is 20.4 Å². The SMILES string of the molecule is CC.N=C(c1ccc(CN)cc1)N1C(=N)c2ccccc2Nc2ncccc21. The highest BCUT2D eigenvalue weighted by molar-refractivity contribution is 6.30. The first-order chi connectivity index (χ1) is 13.7. The molecule has 0 saturated carbocycles. The van der Waals surface area contributed by atoms with Crippen LogP contribution in [0, 0.1) is 10.8 Å². The molecule has 2 heterocycles. The molecule has 0 saturated heterocycles. The lowest BCUT2D eigenvalue weighted by molar-refractivity contribution is 1.07. The van der Waals surface area contributed by atoms with E-state index in [1.165, 1.54) is 0 Å². The number of rotatable bonds is 2. The summed E-state index contributed by atoms with van der Waals surface area (Å²) in [6.07, 6.45) is 1.70. The Labute approximate surface area is 165 Å². The highest BCUT2D eigenvalue weighted by Crippen LogP contribution is 2.34. The molecule has 0 bridgehead atoms. The van der Waals surface area contributed by atoms with Crippen LogP contribution >= 0.6 is 0 Å². The number of hydrogen-bond acceptors (Lipinski definition) is 5. The Morgan fingerprint density at radius 1 is 1.04 bits per heavy atom. The van der Waals surface area contributed by atoms with Gasteiger partial charge in [-0.25, -0.2) is 4.98 Å². The standard InChI is InChI=1S/C20H18N6.C2H6/c21-12-13-7-9-14(10-8-13)18(22)26-17-6-3-11-24-20(17)25-16-5-2-1-4-15(16)19(26)23;1-2/h1-11,22-23H,12,21H2,(H,24,25);1-2H3. The molecule has 3 aromatic rings. The maximum Gasteiger partial charge on any atom is 0.154 e. The van der Waals surface area contributed by atoms with Gasteiger partial charge in [-0.2, -0.15) is 0 Å². The molecule has 142 valence electrons. The van der Waals surface area contributed by atoms with E-state index >= 15 is 0 Å². The summed E-state index contributed by atoms with van der Waals surface area (Å²) in [6.45, 7) is 4.46. The topological polar surface area (TPSA) is 102 Å². The van der Waals surface area contributed by atoms with Crippen molar-refractivity contribution >= 4 is 28.9 Å². The lowest BCUT2D eigenvalue weighted by atomic mass is 10.1. The van der Waals surface area contributed by atoms with E-state index < -0.39 is 0 Å². The Kier molecular flexibility index (Phi) is 5.81. The third-order valence-electron chi connectivity index (χ3n) is 4.37. The first-order valence-corrected chi connectivity index (χ1v) is 9.27. The monoisotopic (exact) mass is 372 g/mol. The number of pyridine rings is 1. The summed E-state index contributed by atoms with van der Waals surface area (Å²) in [6, 6.07) is 18.8. The highest BCUT2D eigenvalue weighted by atomic mass is 15.2. The molecular formula is C22H24N6. The summed E-state index contributed by atoms with van der Waals surface area (Å²) in [4.78, 5) is 6.01. The molecule has 1 aromatic heterocycles. The minimum Gasteiger partial charge on any atom is -0.338 e. The molecule has 0 spiro atoms. The molecule has 5 N–H and O–H groups in total. The van der Waals surface area contributed by atoms with Gasteiger partial charge < -0.3 is 11.1 Å². The quantitative estimate of drug-likeness (QED) is 0.393. The zero-order chi connectivity index (χ0) is 20.1. The average molecular weight is 372 g/mol. The van der Waals surface area contributed by atoms with Gasteiger partial charge in [0.15, 0.2) is 5.82 Å². The second-order valence-electron chi connectivity index (χ2n) is 5.98. The summed E-state index contributed by atoms with van der Waals surface area (Å²) in [5.74, 6) is 1.06. The largest absolute Gasteiger partial charge is 0.338 e. The Balaban J connectivity index is 0.00000109. The lowest BCUT2D eigenvalue weighted by Crippen LogP contribution is -2.36. The molecule has 6 nitrogen and oxygen atoms in total. The van der Waals surface area contributed by atoms with Crippen molar-refractivity contribution in [3.63, 3.8) is 0 Å². The number of hydrogen-bond donors (Lipinski definition) is 4. The van der Waals surface area contributed by atoms with Crippen LogP contribution in [0.25, 0.3) is 0 Å². The number of nitrogens with two attached hydrogens (primary N) is 1. The molecule has 0 amide bonds. The predicted molar refractivity (Wildman–Crippen MR) is 116 cm³/mol. The smallest absolute Gasteiger partial charge is 0.154 e. The van der Waals surface area contributed by atoms with E-state index in [1.807, 2.05) is 74.5 Å². The second kappa shape index (κ2) is 8.45. The third-order valence-corrected chi connectivity index (χ3v) is 4.37. The molecule has 1 aliphatic rings. The molecular weight excluding hydrogens is 348 g/mol. The molecule has 0 fully saturated rings.